The van der Waals surface area contributed by atoms with E-state index in [0.717, 1.165) is 0 Å². The first-order chi connectivity index (χ1) is 4.23. The minimum atomic E-state index is 0.000000000000000222. The van der Waals surface area contributed by atoms with Gasteiger partial charge in [-0.3, -0.25) is 0 Å². The average molecular weight is 129 g/mol. The zero-order valence-electron chi connectivity index (χ0n) is 6.15. The van der Waals surface area contributed by atoms with Crippen LogP contribution in [0.4, 0.5) is 0 Å². The Bertz CT molecular complexity index is 95.1. The highest BCUT2D eigenvalue weighted by molar-refractivity contribution is 4.96. The van der Waals surface area contributed by atoms with Gasteiger partial charge in [0.05, 0.1) is 6.61 Å². The average Bonchev–Trinajstić information content (AvgIpc) is 2.68. The van der Waals surface area contributed by atoms with Crippen LogP contribution in [-0.2, 0) is 0 Å². The highest BCUT2D eigenvalue weighted by atomic mass is 16.3. The van der Waals surface area contributed by atoms with Crippen molar-refractivity contribution in [1.29, 1.82) is 0 Å². The Morgan fingerprint density at radius 3 is 2.33 bits per heavy atom. The van der Waals surface area contributed by atoms with Crippen molar-refractivity contribution in [3.63, 3.8) is 0 Å². The molecule has 0 spiro atoms. The summed E-state index contributed by atoms with van der Waals surface area (Å²) in [4.78, 5) is 0. The van der Waals surface area contributed by atoms with E-state index in [-0.39, 0.29) is 12.1 Å². The summed E-state index contributed by atoms with van der Waals surface area (Å²) in [5.41, 5.74) is 0.000000000000000222. The molecular weight excluding hydrogens is 114 g/mol. The second kappa shape index (κ2) is 2.27. The van der Waals surface area contributed by atoms with Crippen molar-refractivity contribution < 1.29 is 5.11 Å². The van der Waals surface area contributed by atoms with Crippen molar-refractivity contribution in [3.8, 4) is 0 Å². The van der Waals surface area contributed by atoms with Gasteiger partial charge >= 0.3 is 0 Å². The molecular formula is C7H15NO. The Hall–Kier alpha value is -0.0800. The topological polar surface area (TPSA) is 32.3 Å². The van der Waals surface area contributed by atoms with Crippen LogP contribution in [0.25, 0.3) is 0 Å². The third-order valence-electron chi connectivity index (χ3n) is 2.38. The van der Waals surface area contributed by atoms with E-state index >= 15 is 0 Å². The van der Waals surface area contributed by atoms with E-state index in [2.05, 4.69) is 12.2 Å². The molecule has 0 saturated heterocycles. The van der Waals surface area contributed by atoms with Gasteiger partial charge < -0.3 is 10.4 Å². The number of hydrogen-bond acceptors (Lipinski definition) is 2. The second-order valence-electron chi connectivity index (χ2n) is 3.10. The Morgan fingerprint density at radius 1 is 1.67 bits per heavy atom. The molecule has 1 aliphatic carbocycles. The quantitative estimate of drug-likeness (QED) is 0.577. The first-order valence-electron chi connectivity index (χ1n) is 3.52. The van der Waals surface area contributed by atoms with E-state index in [1.54, 1.807) is 0 Å². The number of nitrogens with one attached hydrogen (secondary N) is 1. The van der Waals surface area contributed by atoms with Crippen molar-refractivity contribution in [3.05, 3.63) is 0 Å². The van der Waals surface area contributed by atoms with Crippen LogP contribution < -0.4 is 5.32 Å². The van der Waals surface area contributed by atoms with Gasteiger partial charge in [0.1, 0.15) is 0 Å². The lowest BCUT2D eigenvalue weighted by Crippen LogP contribution is -2.45. The minimum absolute atomic E-state index is 0.000000000000000222. The van der Waals surface area contributed by atoms with Gasteiger partial charge in [-0.2, -0.15) is 0 Å². The lowest BCUT2D eigenvalue weighted by molar-refractivity contribution is 0.163. The normalized spacial score (nSPS) is 25.7. The third kappa shape index (κ3) is 1.25. The highest BCUT2D eigenvalue weighted by Crippen LogP contribution is 2.38. The molecule has 54 valence electrons. The van der Waals surface area contributed by atoms with Crippen LogP contribution >= 0.6 is 0 Å². The first-order valence-corrected chi connectivity index (χ1v) is 3.52. The Balaban J connectivity index is 2.43. The number of aliphatic hydroxyl groups excluding tert-OH is 1. The van der Waals surface area contributed by atoms with Crippen LogP contribution in [0.5, 0.6) is 0 Å². The SMILES string of the molecule is CNC(C)(CO)C1CC1. The second-order valence-corrected chi connectivity index (χ2v) is 3.10. The van der Waals surface area contributed by atoms with Gasteiger partial charge in [0.2, 0.25) is 0 Å². The fraction of sp³-hybridized carbons (Fsp3) is 1.00. The molecule has 2 N–H and O–H groups in total. The molecule has 0 amide bonds. The lowest BCUT2D eigenvalue weighted by atomic mass is 9.98. The fourth-order valence-electron chi connectivity index (χ4n) is 1.13. The van der Waals surface area contributed by atoms with Crippen LogP contribution in [0, 0.1) is 5.92 Å². The van der Waals surface area contributed by atoms with Gasteiger partial charge in [0.25, 0.3) is 0 Å². The molecule has 0 heterocycles. The van der Waals surface area contributed by atoms with Crippen LogP contribution in [-0.4, -0.2) is 24.3 Å². The molecule has 1 fully saturated rings. The van der Waals surface area contributed by atoms with Crippen molar-refractivity contribution in [1.82, 2.24) is 5.32 Å². The van der Waals surface area contributed by atoms with Gasteiger partial charge in [0.15, 0.2) is 0 Å². The molecule has 1 unspecified atom stereocenters. The van der Waals surface area contributed by atoms with Crippen LogP contribution in [0.2, 0.25) is 0 Å². The van der Waals surface area contributed by atoms with Crippen LogP contribution in [0.1, 0.15) is 19.8 Å². The smallest absolute Gasteiger partial charge is 0.0613 e. The number of aliphatic hydroxyl groups is 1. The predicted octanol–water partition coefficient (Wildman–Crippen LogP) is 0.367. The molecule has 1 rings (SSSR count). The molecule has 0 bridgehead atoms. The van der Waals surface area contributed by atoms with E-state index in [4.69, 9.17) is 5.11 Å². The fourth-order valence-corrected chi connectivity index (χ4v) is 1.13. The highest BCUT2D eigenvalue weighted by Gasteiger charge is 2.39. The molecule has 1 atom stereocenters. The largest absolute Gasteiger partial charge is 0.394 e. The number of rotatable bonds is 3. The van der Waals surface area contributed by atoms with Gasteiger partial charge in [-0.25, -0.2) is 0 Å². The summed E-state index contributed by atoms with van der Waals surface area (Å²) in [6.07, 6.45) is 2.55. The van der Waals surface area contributed by atoms with E-state index in [1.165, 1.54) is 12.8 Å². The molecule has 2 nitrogen and oxygen atoms in total. The summed E-state index contributed by atoms with van der Waals surface area (Å²) < 4.78 is 0. The molecule has 1 saturated carbocycles. The molecule has 0 aliphatic heterocycles. The van der Waals surface area contributed by atoms with Crippen molar-refractivity contribution in [2.45, 2.75) is 25.3 Å². The Morgan fingerprint density at radius 2 is 2.22 bits per heavy atom. The minimum Gasteiger partial charge on any atom is -0.394 e. The molecule has 0 aromatic carbocycles. The maximum absolute atomic E-state index is 8.93. The summed E-state index contributed by atoms with van der Waals surface area (Å²) in [6.45, 7) is 2.33. The van der Waals surface area contributed by atoms with Gasteiger partial charge in [-0.1, -0.05) is 0 Å². The lowest BCUT2D eigenvalue weighted by Gasteiger charge is -2.26. The Labute approximate surface area is 56.3 Å². The Kier molecular flexibility index (Phi) is 1.78. The summed E-state index contributed by atoms with van der Waals surface area (Å²) in [5.74, 6) is 0.715. The van der Waals surface area contributed by atoms with E-state index in [0.29, 0.717) is 5.92 Å². The summed E-state index contributed by atoms with van der Waals surface area (Å²) >= 11 is 0. The summed E-state index contributed by atoms with van der Waals surface area (Å²) in [6, 6.07) is 0. The standard InChI is InChI=1S/C7H15NO/c1-7(5-9,8-2)6-3-4-6/h6,8-9H,3-5H2,1-2H3. The van der Waals surface area contributed by atoms with Crippen LogP contribution in [0.3, 0.4) is 0 Å². The molecule has 0 aromatic heterocycles. The summed E-state index contributed by atoms with van der Waals surface area (Å²) in [7, 11) is 1.91. The van der Waals surface area contributed by atoms with Gasteiger partial charge in [0, 0.05) is 5.54 Å². The molecule has 2 heteroatoms. The van der Waals surface area contributed by atoms with Crippen molar-refractivity contribution in [2.75, 3.05) is 13.7 Å². The zero-order valence-corrected chi connectivity index (χ0v) is 6.15. The summed E-state index contributed by atoms with van der Waals surface area (Å²) in [5, 5.41) is 12.1. The number of hydrogen-bond donors (Lipinski definition) is 2. The van der Waals surface area contributed by atoms with Crippen molar-refractivity contribution >= 4 is 0 Å². The predicted molar refractivity (Wildman–Crippen MR) is 37.3 cm³/mol. The van der Waals surface area contributed by atoms with Gasteiger partial charge in [-0.15, -0.1) is 0 Å². The van der Waals surface area contributed by atoms with Crippen molar-refractivity contribution in [2.24, 2.45) is 5.92 Å². The molecule has 0 radical (unpaired) electrons. The monoisotopic (exact) mass is 129 g/mol. The van der Waals surface area contributed by atoms with E-state index in [1.807, 2.05) is 7.05 Å². The first kappa shape index (κ1) is 7.03. The zero-order chi connectivity index (χ0) is 6.91. The molecule has 1 aliphatic rings. The van der Waals surface area contributed by atoms with Crippen LogP contribution in [0.15, 0.2) is 0 Å². The number of likely N-dealkylation sites (N-methyl/N-ethyl adjacent to an activating group) is 1. The maximum atomic E-state index is 8.93. The maximum Gasteiger partial charge on any atom is 0.0613 e. The molecule has 9 heavy (non-hydrogen) atoms. The molecule has 0 aromatic rings. The van der Waals surface area contributed by atoms with Gasteiger partial charge in [-0.05, 0) is 32.7 Å². The van der Waals surface area contributed by atoms with E-state index in [9.17, 15) is 0 Å². The van der Waals surface area contributed by atoms with E-state index < -0.39 is 0 Å². The third-order valence-corrected chi connectivity index (χ3v) is 2.38.